The summed E-state index contributed by atoms with van der Waals surface area (Å²) in [5.74, 6) is 0. The number of nitrogen functional groups attached to an aromatic ring is 2. The van der Waals surface area contributed by atoms with Crippen LogP contribution in [0.1, 0.15) is 44.5 Å². The fourth-order valence-corrected chi connectivity index (χ4v) is 3.69. The Kier molecular flexibility index (Phi) is 5.17. The Morgan fingerprint density at radius 3 is 0.929 bits per heavy atom. The molecule has 2 aromatic rings. The molecule has 0 radical (unpaired) electrons. The molecule has 4 N–H and O–H groups in total. The maximum absolute atomic E-state index is 14.0. The number of benzene rings is 2. The number of anilines is 2. The van der Waals surface area contributed by atoms with Gasteiger partial charge in [0.1, 0.15) is 0 Å². The molecule has 0 heterocycles. The van der Waals surface area contributed by atoms with E-state index >= 15 is 0 Å². The number of nitrogens with two attached hydrogens (primary N) is 2. The lowest BCUT2D eigenvalue weighted by atomic mass is 9.80. The minimum Gasteiger partial charge on any atom is -0.398 e. The highest BCUT2D eigenvalue weighted by Gasteiger charge is 2.43. The average molecular weight is 404 g/mol. The van der Waals surface area contributed by atoms with Crippen molar-refractivity contribution in [2.45, 2.75) is 53.9 Å². The molecule has 0 amide bonds. The van der Waals surface area contributed by atoms with E-state index in [0.717, 1.165) is 0 Å². The Bertz CT molecular complexity index is 890. The van der Waals surface area contributed by atoms with Crippen molar-refractivity contribution >= 4 is 11.4 Å². The van der Waals surface area contributed by atoms with Crippen molar-refractivity contribution in [3.05, 3.63) is 44.5 Å². The fraction of sp³-hybridized carbons (Fsp3) is 0.400. The van der Waals surface area contributed by atoms with Crippen LogP contribution in [-0.4, -0.2) is 0 Å². The zero-order valence-electron chi connectivity index (χ0n) is 16.4. The molecule has 0 saturated carbocycles. The molecule has 2 rings (SSSR count). The van der Waals surface area contributed by atoms with E-state index in [0.29, 0.717) is 11.1 Å². The van der Waals surface area contributed by atoms with E-state index in [1.807, 2.05) is 0 Å². The molecule has 8 heteroatoms. The highest BCUT2D eigenvalue weighted by atomic mass is 19.4. The normalized spacial score (nSPS) is 12.6. The third-order valence-electron chi connectivity index (χ3n) is 5.56. The van der Waals surface area contributed by atoms with Crippen LogP contribution < -0.4 is 11.5 Å². The summed E-state index contributed by atoms with van der Waals surface area (Å²) >= 11 is 0. The van der Waals surface area contributed by atoms with Crippen molar-refractivity contribution in [1.82, 2.24) is 0 Å². The minimum atomic E-state index is -4.88. The van der Waals surface area contributed by atoms with Gasteiger partial charge in [0.05, 0.1) is 11.1 Å². The molecule has 0 fully saturated rings. The number of hydrogen-bond donors (Lipinski definition) is 2. The summed E-state index contributed by atoms with van der Waals surface area (Å²) < 4.78 is 83.8. The van der Waals surface area contributed by atoms with Gasteiger partial charge in [-0.05, 0) is 86.1 Å². The molecule has 0 spiro atoms. The molecule has 0 unspecified atom stereocenters. The first-order chi connectivity index (χ1) is 12.5. The van der Waals surface area contributed by atoms with Crippen molar-refractivity contribution in [2.75, 3.05) is 11.5 Å². The van der Waals surface area contributed by atoms with Crippen molar-refractivity contribution in [3.63, 3.8) is 0 Å². The second-order valence-corrected chi connectivity index (χ2v) is 7.07. The van der Waals surface area contributed by atoms with Gasteiger partial charge >= 0.3 is 12.4 Å². The molecule has 0 aliphatic heterocycles. The SMILES string of the molecule is Cc1c(C)c(-c2c(C)c(C)c(N)c(C)c2C(F)(F)F)c(C(F)(F)F)c(C)c1N. The summed E-state index contributed by atoms with van der Waals surface area (Å²) in [4.78, 5) is 0. The van der Waals surface area contributed by atoms with Gasteiger partial charge in [-0.1, -0.05) is 0 Å². The van der Waals surface area contributed by atoms with E-state index in [-0.39, 0.29) is 33.6 Å². The predicted molar refractivity (Wildman–Crippen MR) is 99.1 cm³/mol. The van der Waals surface area contributed by atoms with Gasteiger partial charge in [-0.15, -0.1) is 0 Å². The smallest absolute Gasteiger partial charge is 0.398 e. The molecule has 0 atom stereocenters. The van der Waals surface area contributed by atoms with E-state index in [4.69, 9.17) is 11.5 Å². The summed E-state index contributed by atoms with van der Waals surface area (Å²) in [6.07, 6.45) is -9.77. The zero-order valence-corrected chi connectivity index (χ0v) is 16.4. The summed E-state index contributed by atoms with van der Waals surface area (Å²) in [7, 11) is 0. The molecule has 154 valence electrons. The van der Waals surface area contributed by atoms with E-state index < -0.39 is 34.6 Å². The van der Waals surface area contributed by atoms with E-state index in [9.17, 15) is 26.3 Å². The molecule has 0 bridgehead atoms. The highest BCUT2D eigenvalue weighted by molar-refractivity contribution is 5.86. The van der Waals surface area contributed by atoms with Crippen LogP contribution in [0.25, 0.3) is 11.1 Å². The first kappa shape index (κ1) is 21.9. The first-order valence-electron chi connectivity index (χ1n) is 8.46. The Labute approximate surface area is 159 Å². The highest BCUT2D eigenvalue weighted by Crippen LogP contribution is 2.51. The van der Waals surface area contributed by atoms with Gasteiger partial charge in [0.15, 0.2) is 0 Å². The number of halogens is 6. The van der Waals surface area contributed by atoms with Crippen molar-refractivity contribution < 1.29 is 26.3 Å². The summed E-state index contributed by atoms with van der Waals surface area (Å²) in [5, 5.41) is 0. The quantitative estimate of drug-likeness (QED) is 0.426. The molecule has 2 aromatic carbocycles. The van der Waals surface area contributed by atoms with Crippen LogP contribution in [-0.2, 0) is 12.4 Å². The molecule has 28 heavy (non-hydrogen) atoms. The lowest BCUT2D eigenvalue weighted by Gasteiger charge is -2.28. The average Bonchev–Trinajstić information content (AvgIpc) is 2.55. The van der Waals surface area contributed by atoms with E-state index in [1.165, 1.54) is 41.5 Å². The second-order valence-electron chi connectivity index (χ2n) is 7.07. The van der Waals surface area contributed by atoms with Gasteiger partial charge < -0.3 is 11.5 Å². The van der Waals surface area contributed by atoms with Crippen LogP contribution in [0.3, 0.4) is 0 Å². The number of hydrogen-bond acceptors (Lipinski definition) is 2. The molecule has 0 aliphatic rings. The largest absolute Gasteiger partial charge is 0.417 e. The second kappa shape index (κ2) is 6.60. The van der Waals surface area contributed by atoms with Crippen LogP contribution >= 0.6 is 0 Å². The number of rotatable bonds is 1. The third-order valence-corrected chi connectivity index (χ3v) is 5.56. The van der Waals surface area contributed by atoms with Gasteiger partial charge in [-0.25, -0.2) is 0 Å². The molecule has 0 aliphatic carbocycles. The Hall–Kier alpha value is -2.38. The van der Waals surface area contributed by atoms with Crippen LogP contribution in [0.4, 0.5) is 37.7 Å². The van der Waals surface area contributed by atoms with Crippen LogP contribution in [0, 0.1) is 41.5 Å². The lowest BCUT2D eigenvalue weighted by Crippen LogP contribution is -2.19. The zero-order chi connectivity index (χ0) is 21.9. The predicted octanol–water partition coefficient (Wildman–Crippen LogP) is 6.41. The topological polar surface area (TPSA) is 52.0 Å². The monoisotopic (exact) mass is 404 g/mol. The fourth-order valence-electron chi connectivity index (χ4n) is 3.69. The van der Waals surface area contributed by atoms with Crippen LogP contribution in [0.15, 0.2) is 0 Å². The standard InChI is InChI=1S/C20H22F6N2/c1-7-9(3)17(27)11(5)15(19(21,22)23)13(7)14-8(2)10(4)18(28)12(6)16(14)20(24,25)26/h27-28H2,1-6H3. The Balaban J connectivity index is 3.28. The lowest BCUT2D eigenvalue weighted by molar-refractivity contribution is -0.139. The summed E-state index contributed by atoms with van der Waals surface area (Å²) in [6.45, 7) is 8.07. The molecule has 0 aromatic heterocycles. The van der Waals surface area contributed by atoms with E-state index in [2.05, 4.69) is 0 Å². The van der Waals surface area contributed by atoms with Crippen molar-refractivity contribution in [3.8, 4) is 11.1 Å². The Morgan fingerprint density at radius 2 is 0.714 bits per heavy atom. The van der Waals surface area contributed by atoms with Gasteiger partial charge in [0.2, 0.25) is 0 Å². The number of alkyl halides is 6. The van der Waals surface area contributed by atoms with Crippen LogP contribution in [0.2, 0.25) is 0 Å². The summed E-state index contributed by atoms with van der Waals surface area (Å²) in [5.41, 5.74) is 8.41. The first-order valence-corrected chi connectivity index (χ1v) is 8.46. The third kappa shape index (κ3) is 3.18. The molecule has 0 saturated heterocycles. The van der Waals surface area contributed by atoms with Gasteiger partial charge in [0, 0.05) is 11.4 Å². The van der Waals surface area contributed by atoms with Gasteiger partial charge in [-0.3, -0.25) is 0 Å². The van der Waals surface area contributed by atoms with Crippen molar-refractivity contribution in [1.29, 1.82) is 0 Å². The van der Waals surface area contributed by atoms with Crippen molar-refractivity contribution in [2.24, 2.45) is 0 Å². The molecule has 2 nitrogen and oxygen atoms in total. The van der Waals surface area contributed by atoms with Crippen LogP contribution in [0.5, 0.6) is 0 Å². The Morgan fingerprint density at radius 1 is 0.464 bits per heavy atom. The van der Waals surface area contributed by atoms with Gasteiger partial charge in [0.25, 0.3) is 0 Å². The van der Waals surface area contributed by atoms with Gasteiger partial charge in [-0.2, -0.15) is 26.3 Å². The molecular formula is C20H22F6N2. The molecular weight excluding hydrogens is 382 g/mol. The minimum absolute atomic E-state index is 0.0626. The van der Waals surface area contributed by atoms with E-state index in [1.54, 1.807) is 0 Å². The maximum Gasteiger partial charge on any atom is 0.417 e. The summed E-state index contributed by atoms with van der Waals surface area (Å²) in [6, 6.07) is 0. The maximum atomic E-state index is 14.0.